The Bertz CT molecular complexity index is 1180. The number of rotatable bonds is 3. The van der Waals surface area contributed by atoms with Crippen molar-refractivity contribution in [3.05, 3.63) is 85.9 Å². The van der Waals surface area contributed by atoms with E-state index in [0.717, 1.165) is 39.2 Å². The van der Waals surface area contributed by atoms with E-state index in [0.29, 0.717) is 0 Å². The van der Waals surface area contributed by atoms with Crippen LogP contribution < -0.4 is 0 Å². The summed E-state index contributed by atoms with van der Waals surface area (Å²) < 4.78 is 7.56. The van der Waals surface area contributed by atoms with Gasteiger partial charge in [0.1, 0.15) is 18.4 Å². The average Bonchev–Trinajstić information content (AvgIpc) is 3.38. The van der Waals surface area contributed by atoms with Crippen molar-refractivity contribution in [1.29, 1.82) is 0 Å². The molecule has 0 bridgehead atoms. The van der Waals surface area contributed by atoms with Gasteiger partial charge in [-0.2, -0.15) is 0 Å². The lowest BCUT2D eigenvalue weighted by atomic mass is 10.1. The van der Waals surface area contributed by atoms with Crippen molar-refractivity contribution in [2.45, 2.75) is 0 Å². The normalized spacial score (nSPS) is 11.1. The molecule has 5 nitrogen and oxygen atoms in total. The first kappa shape index (κ1) is 14.6. The topological polar surface area (TPSA) is 56.7 Å². The first-order valence-electron chi connectivity index (χ1n) is 8.25. The van der Waals surface area contributed by atoms with E-state index in [-0.39, 0.29) is 0 Å². The van der Waals surface area contributed by atoms with E-state index >= 15 is 0 Å². The van der Waals surface area contributed by atoms with Gasteiger partial charge in [-0.1, -0.05) is 12.1 Å². The number of nitrogens with zero attached hydrogens (tertiary/aromatic N) is 4. The van der Waals surface area contributed by atoms with Crippen molar-refractivity contribution in [1.82, 2.24) is 19.5 Å². The molecule has 0 aliphatic carbocycles. The van der Waals surface area contributed by atoms with Crippen LogP contribution in [-0.4, -0.2) is 19.5 Å². The lowest BCUT2D eigenvalue weighted by molar-refractivity contribution is 0.582. The highest BCUT2D eigenvalue weighted by Gasteiger charge is 2.09. The Morgan fingerprint density at radius 1 is 0.808 bits per heavy atom. The third-order valence-electron chi connectivity index (χ3n) is 4.37. The second kappa shape index (κ2) is 5.97. The van der Waals surface area contributed by atoms with Crippen molar-refractivity contribution in [2.24, 2.45) is 0 Å². The highest BCUT2D eigenvalue weighted by atomic mass is 16.3. The molecular formula is C21H14N4O. The van der Waals surface area contributed by atoms with Gasteiger partial charge in [-0.15, -0.1) is 0 Å². The average molecular weight is 338 g/mol. The van der Waals surface area contributed by atoms with Crippen molar-refractivity contribution in [3.63, 3.8) is 0 Å². The predicted octanol–water partition coefficient (Wildman–Crippen LogP) is 4.74. The molecular weight excluding hydrogens is 324 g/mol. The van der Waals surface area contributed by atoms with E-state index in [9.17, 15) is 0 Å². The standard InChI is InChI=1S/C21H14N4O/c1-3-15(17-11-22-13-23-12-17)9-18(4-1)25-14-24-19-10-16(6-7-20(19)25)21-5-2-8-26-21/h1-14H. The maximum Gasteiger partial charge on any atom is 0.133 e. The molecule has 3 aromatic heterocycles. The molecule has 0 spiro atoms. The SMILES string of the molecule is c1cc(-c2cncnc2)cc(-n2cnc3cc(-c4ccco4)ccc32)c1. The summed E-state index contributed by atoms with van der Waals surface area (Å²) in [5, 5.41) is 0. The molecule has 0 radical (unpaired) electrons. The van der Waals surface area contributed by atoms with Crippen LogP contribution in [-0.2, 0) is 0 Å². The van der Waals surface area contributed by atoms with Crippen LogP contribution in [0.5, 0.6) is 0 Å². The highest BCUT2D eigenvalue weighted by Crippen LogP contribution is 2.27. The molecule has 0 aliphatic rings. The van der Waals surface area contributed by atoms with Crippen molar-refractivity contribution in [2.75, 3.05) is 0 Å². The monoisotopic (exact) mass is 338 g/mol. The summed E-state index contributed by atoms with van der Waals surface area (Å²) in [6.45, 7) is 0. The maximum atomic E-state index is 5.48. The summed E-state index contributed by atoms with van der Waals surface area (Å²) >= 11 is 0. The molecule has 0 unspecified atom stereocenters. The fourth-order valence-electron chi connectivity index (χ4n) is 3.10. The highest BCUT2D eigenvalue weighted by molar-refractivity contribution is 5.82. The van der Waals surface area contributed by atoms with Gasteiger partial charge in [0.25, 0.3) is 0 Å². The Morgan fingerprint density at radius 3 is 2.58 bits per heavy atom. The Morgan fingerprint density at radius 2 is 1.73 bits per heavy atom. The van der Waals surface area contributed by atoms with Gasteiger partial charge in [0.2, 0.25) is 0 Å². The molecule has 0 fully saturated rings. The Balaban J connectivity index is 1.59. The van der Waals surface area contributed by atoms with E-state index in [1.165, 1.54) is 6.33 Å². The lowest BCUT2D eigenvalue weighted by Gasteiger charge is -2.07. The second-order valence-electron chi connectivity index (χ2n) is 5.97. The number of fused-ring (bicyclic) bond motifs is 1. The minimum atomic E-state index is 0.840. The third-order valence-corrected chi connectivity index (χ3v) is 4.37. The number of hydrogen-bond donors (Lipinski definition) is 0. The number of imidazole rings is 1. The van der Waals surface area contributed by atoms with Crippen molar-refractivity contribution in [3.8, 4) is 28.1 Å². The van der Waals surface area contributed by atoms with Crippen LogP contribution in [0.4, 0.5) is 0 Å². The smallest absolute Gasteiger partial charge is 0.133 e. The lowest BCUT2D eigenvalue weighted by Crippen LogP contribution is -1.92. The molecule has 2 aromatic carbocycles. The van der Waals surface area contributed by atoms with Gasteiger partial charge in [0.05, 0.1) is 17.3 Å². The number of benzene rings is 2. The van der Waals surface area contributed by atoms with E-state index in [2.05, 4.69) is 43.8 Å². The first-order valence-corrected chi connectivity index (χ1v) is 8.25. The Hall–Kier alpha value is -3.73. The molecule has 0 N–H and O–H groups in total. The van der Waals surface area contributed by atoms with Gasteiger partial charge < -0.3 is 4.42 Å². The second-order valence-corrected chi connectivity index (χ2v) is 5.97. The summed E-state index contributed by atoms with van der Waals surface area (Å²) in [5.41, 5.74) is 6.08. The number of aromatic nitrogens is 4. The molecule has 26 heavy (non-hydrogen) atoms. The Labute approximate surface area is 149 Å². The molecule has 0 amide bonds. The molecule has 5 aromatic rings. The van der Waals surface area contributed by atoms with E-state index in [1.54, 1.807) is 6.26 Å². The molecule has 5 heteroatoms. The summed E-state index contributed by atoms with van der Waals surface area (Å²) in [6.07, 6.45) is 8.68. The van der Waals surface area contributed by atoms with E-state index < -0.39 is 0 Å². The first-order chi connectivity index (χ1) is 12.9. The largest absolute Gasteiger partial charge is 0.464 e. The molecule has 0 saturated carbocycles. The summed E-state index contributed by atoms with van der Waals surface area (Å²) in [7, 11) is 0. The fraction of sp³-hybridized carbons (Fsp3) is 0. The van der Waals surface area contributed by atoms with Gasteiger partial charge in [0, 0.05) is 29.2 Å². The Kier molecular flexibility index (Phi) is 3.35. The maximum absolute atomic E-state index is 5.48. The third kappa shape index (κ3) is 2.46. The molecule has 3 heterocycles. The summed E-state index contributed by atoms with van der Waals surface area (Å²) in [5.74, 6) is 0.840. The zero-order valence-electron chi connectivity index (χ0n) is 13.8. The zero-order valence-corrected chi connectivity index (χ0v) is 13.8. The minimum Gasteiger partial charge on any atom is -0.464 e. The minimum absolute atomic E-state index is 0.840. The van der Waals surface area contributed by atoms with Crippen molar-refractivity contribution >= 4 is 11.0 Å². The van der Waals surface area contributed by atoms with Gasteiger partial charge in [-0.05, 0) is 48.0 Å². The van der Waals surface area contributed by atoms with Gasteiger partial charge in [-0.25, -0.2) is 15.0 Å². The van der Waals surface area contributed by atoms with E-state index in [4.69, 9.17) is 4.42 Å². The van der Waals surface area contributed by atoms with Crippen LogP contribution >= 0.6 is 0 Å². The molecule has 124 valence electrons. The molecule has 5 rings (SSSR count). The molecule has 0 aliphatic heterocycles. The fourth-order valence-corrected chi connectivity index (χ4v) is 3.10. The molecule has 0 atom stereocenters. The molecule has 0 saturated heterocycles. The predicted molar refractivity (Wildman–Crippen MR) is 99.8 cm³/mol. The summed E-state index contributed by atoms with van der Waals surface area (Å²) in [6, 6.07) is 18.2. The number of hydrogen-bond acceptors (Lipinski definition) is 4. The van der Waals surface area contributed by atoms with E-state index in [1.807, 2.05) is 49.1 Å². The quantitative estimate of drug-likeness (QED) is 0.477. The summed E-state index contributed by atoms with van der Waals surface area (Å²) in [4.78, 5) is 12.8. The van der Waals surface area contributed by atoms with Crippen LogP contribution in [0.1, 0.15) is 0 Å². The zero-order chi connectivity index (χ0) is 17.3. The van der Waals surface area contributed by atoms with Crippen molar-refractivity contribution < 1.29 is 4.42 Å². The van der Waals surface area contributed by atoms with Crippen LogP contribution in [0.25, 0.3) is 39.2 Å². The number of furan rings is 1. The van der Waals surface area contributed by atoms with Gasteiger partial charge in [-0.3, -0.25) is 4.57 Å². The van der Waals surface area contributed by atoms with Crippen LogP contribution in [0.2, 0.25) is 0 Å². The van der Waals surface area contributed by atoms with Gasteiger partial charge in [0.15, 0.2) is 0 Å². The van der Waals surface area contributed by atoms with Crippen LogP contribution in [0.15, 0.2) is 90.3 Å². The van der Waals surface area contributed by atoms with Gasteiger partial charge >= 0.3 is 0 Å². The van der Waals surface area contributed by atoms with Crippen LogP contribution in [0, 0.1) is 0 Å². The van der Waals surface area contributed by atoms with Crippen LogP contribution in [0.3, 0.4) is 0 Å².